The van der Waals surface area contributed by atoms with Gasteiger partial charge in [0.05, 0.1) is 0 Å². The van der Waals surface area contributed by atoms with Gasteiger partial charge in [-0.2, -0.15) is 0 Å². The highest BCUT2D eigenvalue weighted by Gasteiger charge is 2.63. The highest BCUT2D eigenvalue weighted by molar-refractivity contribution is 5.27. The predicted octanol–water partition coefficient (Wildman–Crippen LogP) is 4.27. The van der Waals surface area contributed by atoms with Crippen LogP contribution in [0.25, 0.3) is 0 Å². The van der Waals surface area contributed by atoms with Crippen molar-refractivity contribution >= 4 is 0 Å². The van der Waals surface area contributed by atoms with E-state index in [9.17, 15) is 0 Å². The van der Waals surface area contributed by atoms with Crippen LogP contribution < -0.4 is 0 Å². The molecule has 2 fully saturated rings. The Bertz CT molecular complexity index is 310. The molecule has 0 bridgehead atoms. The van der Waals surface area contributed by atoms with E-state index in [-0.39, 0.29) is 0 Å². The molecule has 0 heteroatoms. The summed E-state index contributed by atoms with van der Waals surface area (Å²) in [5, 5.41) is 0. The maximum Gasteiger partial charge on any atom is -0.0135 e. The Balaban J connectivity index is 1.95. The van der Waals surface area contributed by atoms with Gasteiger partial charge in [-0.05, 0) is 54.3 Å². The summed E-state index contributed by atoms with van der Waals surface area (Å²) in [7, 11) is 0. The summed E-state index contributed by atoms with van der Waals surface area (Å²) in [5.74, 6) is 4.81. The van der Waals surface area contributed by atoms with Gasteiger partial charge in [0.15, 0.2) is 0 Å². The van der Waals surface area contributed by atoms with Crippen LogP contribution in [-0.2, 0) is 0 Å². The second-order valence-electron chi connectivity index (χ2n) is 6.87. The van der Waals surface area contributed by atoms with Crippen molar-refractivity contribution < 1.29 is 0 Å². The zero-order valence-electron chi connectivity index (χ0n) is 10.6. The largest absolute Gasteiger partial charge is 0.0845 e. The first-order valence-electron chi connectivity index (χ1n) is 6.73. The second-order valence-corrected chi connectivity index (χ2v) is 6.87. The zero-order valence-corrected chi connectivity index (χ0v) is 10.6. The first-order chi connectivity index (χ1) is 7.03. The summed E-state index contributed by atoms with van der Waals surface area (Å²) in [6.07, 6.45) is 6.86. The molecule has 0 aromatic rings. The topological polar surface area (TPSA) is 0 Å². The van der Waals surface area contributed by atoms with E-state index < -0.39 is 0 Å². The van der Waals surface area contributed by atoms with Crippen molar-refractivity contribution in [2.75, 3.05) is 0 Å². The van der Waals surface area contributed by atoms with Gasteiger partial charge >= 0.3 is 0 Å². The average molecular weight is 204 g/mol. The Hall–Kier alpha value is -0.260. The van der Waals surface area contributed by atoms with E-state index in [2.05, 4.69) is 33.8 Å². The number of hydrogen-bond donors (Lipinski definition) is 0. The van der Waals surface area contributed by atoms with E-state index in [1.807, 2.05) is 5.57 Å². The molecule has 3 aliphatic rings. The van der Waals surface area contributed by atoms with Crippen LogP contribution in [0.2, 0.25) is 0 Å². The van der Waals surface area contributed by atoms with Gasteiger partial charge in [0.25, 0.3) is 0 Å². The quantitative estimate of drug-likeness (QED) is 0.517. The highest BCUT2D eigenvalue weighted by atomic mass is 14.7. The van der Waals surface area contributed by atoms with Crippen molar-refractivity contribution in [3.05, 3.63) is 11.6 Å². The summed E-state index contributed by atoms with van der Waals surface area (Å²) in [4.78, 5) is 0. The van der Waals surface area contributed by atoms with Gasteiger partial charge in [0, 0.05) is 0 Å². The first kappa shape index (κ1) is 9.93. The fourth-order valence-electron chi connectivity index (χ4n) is 4.67. The van der Waals surface area contributed by atoms with E-state index in [1.165, 1.54) is 19.3 Å². The molecule has 0 N–H and O–H groups in total. The lowest BCUT2D eigenvalue weighted by atomic mass is 9.80. The summed E-state index contributed by atoms with van der Waals surface area (Å²) < 4.78 is 0. The summed E-state index contributed by atoms with van der Waals surface area (Å²) in [5.41, 5.74) is 2.49. The molecule has 0 amide bonds. The maximum atomic E-state index is 2.58. The summed E-state index contributed by atoms with van der Waals surface area (Å²) in [6, 6.07) is 0. The third-order valence-electron chi connectivity index (χ3n) is 5.73. The van der Waals surface area contributed by atoms with Gasteiger partial charge in [-0.15, -0.1) is 0 Å². The van der Waals surface area contributed by atoms with Crippen LogP contribution in [-0.4, -0.2) is 0 Å². The van der Waals surface area contributed by atoms with Crippen LogP contribution in [0.3, 0.4) is 0 Å². The smallest absolute Gasteiger partial charge is 0.0135 e. The Kier molecular flexibility index (Phi) is 1.92. The molecule has 15 heavy (non-hydrogen) atoms. The fraction of sp³-hybridized carbons (Fsp3) is 0.867. The number of allylic oxidation sites excluding steroid dienone is 2. The molecule has 0 radical (unpaired) electrons. The van der Waals surface area contributed by atoms with Gasteiger partial charge in [0.2, 0.25) is 0 Å². The Morgan fingerprint density at radius 1 is 1.20 bits per heavy atom. The van der Waals surface area contributed by atoms with E-state index in [0.29, 0.717) is 5.41 Å². The summed E-state index contributed by atoms with van der Waals surface area (Å²) in [6.45, 7) is 9.92. The minimum absolute atomic E-state index is 0.655. The lowest BCUT2D eigenvalue weighted by molar-refractivity contribution is 0.335. The van der Waals surface area contributed by atoms with Crippen LogP contribution in [0, 0.1) is 35.0 Å². The third kappa shape index (κ3) is 1.20. The molecule has 3 rings (SSSR count). The molecule has 0 heterocycles. The fourth-order valence-corrected chi connectivity index (χ4v) is 4.67. The highest BCUT2D eigenvalue weighted by Crippen LogP contribution is 2.69. The first-order valence-corrected chi connectivity index (χ1v) is 6.73. The summed E-state index contributed by atoms with van der Waals surface area (Å²) >= 11 is 0. The van der Waals surface area contributed by atoms with E-state index >= 15 is 0 Å². The molecular formula is C15H24. The second kappa shape index (κ2) is 2.90. The van der Waals surface area contributed by atoms with Gasteiger partial charge in [0.1, 0.15) is 0 Å². The number of fused-ring (bicyclic) bond motifs is 3. The molecule has 3 aliphatic carbocycles. The van der Waals surface area contributed by atoms with Crippen LogP contribution in [0.1, 0.15) is 47.0 Å². The lowest BCUT2D eigenvalue weighted by Gasteiger charge is -2.24. The number of rotatable bonds is 0. The van der Waals surface area contributed by atoms with Crippen LogP contribution in [0.4, 0.5) is 0 Å². The van der Waals surface area contributed by atoms with Crippen LogP contribution >= 0.6 is 0 Å². The number of hydrogen-bond acceptors (Lipinski definition) is 0. The molecule has 5 atom stereocenters. The minimum atomic E-state index is 0.655. The van der Waals surface area contributed by atoms with Crippen molar-refractivity contribution in [1.29, 1.82) is 0 Å². The Morgan fingerprint density at radius 2 is 1.93 bits per heavy atom. The molecule has 0 aliphatic heterocycles. The normalized spacial score (nSPS) is 51.5. The van der Waals surface area contributed by atoms with Gasteiger partial charge in [-0.1, -0.05) is 39.3 Å². The molecule has 0 unspecified atom stereocenters. The average Bonchev–Trinajstić information content (AvgIpc) is 2.55. The van der Waals surface area contributed by atoms with Crippen molar-refractivity contribution in [1.82, 2.24) is 0 Å². The molecule has 0 aromatic heterocycles. The molecule has 0 aromatic carbocycles. The monoisotopic (exact) mass is 204 g/mol. The molecule has 84 valence electrons. The van der Waals surface area contributed by atoms with Crippen molar-refractivity contribution in [2.24, 2.45) is 35.0 Å². The maximum absolute atomic E-state index is 2.58. The van der Waals surface area contributed by atoms with Crippen molar-refractivity contribution in [3.63, 3.8) is 0 Å². The molecule has 0 nitrogen and oxygen atoms in total. The van der Waals surface area contributed by atoms with Crippen LogP contribution in [0.15, 0.2) is 11.6 Å². The molecule has 2 saturated carbocycles. The lowest BCUT2D eigenvalue weighted by Crippen LogP contribution is -2.17. The molecule has 0 saturated heterocycles. The van der Waals surface area contributed by atoms with Crippen molar-refractivity contribution in [3.8, 4) is 0 Å². The minimum Gasteiger partial charge on any atom is -0.0845 e. The SMILES string of the molecule is C[C@@H]1CC[C@@H]2[C@H]([C@@H]3C1=CC[C@H]3C)C2(C)C. The van der Waals surface area contributed by atoms with E-state index in [4.69, 9.17) is 0 Å². The standard InChI is InChI=1S/C15H24/c1-9-6-8-12-14(15(12,3)4)13-10(2)5-7-11(9)13/h7,9-10,12-14H,5-6,8H2,1-4H3/t9-,10-,12-,13+,14-/m1/s1. The van der Waals surface area contributed by atoms with E-state index in [0.717, 1.165) is 29.6 Å². The predicted molar refractivity (Wildman–Crippen MR) is 64.5 cm³/mol. The van der Waals surface area contributed by atoms with Gasteiger partial charge in [-0.3, -0.25) is 0 Å². The van der Waals surface area contributed by atoms with Crippen molar-refractivity contribution in [2.45, 2.75) is 47.0 Å². The zero-order chi connectivity index (χ0) is 10.8. The molecular weight excluding hydrogens is 180 g/mol. The Labute approximate surface area is 94.1 Å². The van der Waals surface area contributed by atoms with Crippen LogP contribution in [0.5, 0.6) is 0 Å². The van der Waals surface area contributed by atoms with Gasteiger partial charge < -0.3 is 0 Å². The third-order valence-corrected chi connectivity index (χ3v) is 5.73. The van der Waals surface area contributed by atoms with Gasteiger partial charge in [-0.25, -0.2) is 0 Å². The Morgan fingerprint density at radius 3 is 2.67 bits per heavy atom. The van der Waals surface area contributed by atoms with E-state index in [1.54, 1.807) is 0 Å². The molecule has 0 spiro atoms.